The van der Waals surface area contributed by atoms with Crippen molar-refractivity contribution in [2.45, 2.75) is 26.2 Å². The van der Waals surface area contributed by atoms with Gasteiger partial charge in [-0.05, 0) is 12.3 Å². The first-order valence-corrected chi connectivity index (χ1v) is 4.80. The first-order valence-electron chi connectivity index (χ1n) is 4.04. The van der Waals surface area contributed by atoms with Gasteiger partial charge in [-0.3, -0.25) is 0 Å². The molecule has 0 amide bonds. The van der Waals surface area contributed by atoms with Crippen LogP contribution >= 0.6 is 23.2 Å². The molecule has 2 N–H and O–H groups in total. The van der Waals surface area contributed by atoms with Crippen molar-refractivity contribution in [2.75, 3.05) is 5.73 Å². The number of nitrogen functional groups attached to an aromatic ring is 1. The topological polar surface area (TPSA) is 51.8 Å². The highest BCUT2D eigenvalue weighted by Gasteiger charge is 2.15. The van der Waals surface area contributed by atoms with Crippen LogP contribution in [-0.2, 0) is 0 Å². The summed E-state index contributed by atoms with van der Waals surface area (Å²) in [6.45, 7) is 4.07. The Morgan fingerprint density at radius 2 is 1.77 bits per heavy atom. The van der Waals surface area contributed by atoms with Gasteiger partial charge in [0.15, 0.2) is 0 Å². The molecule has 1 atom stereocenters. The van der Waals surface area contributed by atoms with Crippen molar-refractivity contribution in [3.8, 4) is 0 Å². The SMILES string of the molecule is CCC(C)c1c(Cl)nc(N)nc1Cl. The summed E-state index contributed by atoms with van der Waals surface area (Å²) in [5, 5.41) is 0.707. The highest BCUT2D eigenvalue weighted by molar-refractivity contribution is 6.34. The maximum absolute atomic E-state index is 5.89. The molecule has 1 aromatic rings. The average Bonchev–Trinajstić information content (AvgIpc) is 2.02. The molecule has 3 nitrogen and oxygen atoms in total. The molecule has 0 bridgehead atoms. The molecule has 0 aromatic carbocycles. The molecule has 72 valence electrons. The number of halogens is 2. The summed E-state index contributed by atoms with van der Waals surface area (Å²) in [4.78, 5) is 7.70. The van der Waals surface area contributed by atoms with E-state index in [-0.39, 0.29) is 11.9 Å². The summed E-state index contributed by atoms with van der Waals surface area (Å²) in [5.41, 5.74) is 6.16. The second kappa shape index (κ2) is 4.11. The number of hydrogen-bond acceptors (Lipinski definition) is 3. The molecule has 0 spiro atoms. The highest BCUT2D eigenvalue weighted by atomic mass is 35.5. The number of anilines is 1. The summed E-state index contributed by atoms with van der Waals surface area (Å²) in [5.74, 6) is 0.364. The molecule has 5 heteroatoms. The van der Waals surface area contributed by atoms with Gasteiger partial charge in [-0.1, -0.05) is 37.0 Å². The fourth-order valence-electron chi connectivity index (χ4n) is 1.04. The minimum Gasteiger partial charge on any atom is -0.368 e. The van der Waals surface area contributed by atoms with Gasteiger partial charge >= 0.3 is 0 Å². The minimum absolute atomic E-state index is 0.113. The van der Waals surface area contributed by atoms with Crippen molar-refractivity contribution >= 4 is 29.2 Å². The lowest BCUT2D eigenvalue weighted by Crippen LogP contribution is -2.02. The lowest BCUT2D eigenvalue weighted by Gasteiger charge is -2.11. The minimum atomic E-state index is 0.113. The lowest BCUT2D eigenvalue weighted by atomic mass is 10.0. The van der Waals surface area contributed by atoms with Crippen LogP contribution in [0, 0.1) is 0 Å². The van der Waals surface area contributed by atoms with Gasteiger partial charge in [0.25, 0.3) is 0 Å². The molecule has 0 aliphatic heterocycles. The normalized spacial score (nSPS) is 12.9. The zero-order valence-electron chi connectivity index (χ0n) is 7.51. The van der Waals surface area contributed by atoms with Crippen molar-refractivity contribution in [1.82, 2.24) is 9.97 Å². The fourth-order valence-corrected chi connectivity index (χ4v) is 1.82. The van der Waals surface area contributed by atoms with Crippen LogP contribution in [0.25, 0.3) is 0 Å². The van der Waals surface area contributed by atoms with E-state index in [1.54, 1.807) is 0 Å². The van der Waals surface area contributed by atoms with E-state index in [4.69, 9.17) is 28.9 Å². The summed E-state index contributed by atoms with van der Waals surface area (Å²) < 4.78 is 0. The Kier molecular flexibility index (Phi) is 3.33. The first-order chi connectivity index (χ1) is 6.06. The van der Waals surface area contributed by atoms with Crippen LogP contribution in [0.1, 0.15) is 31.7 Å². The molecule has 0 aliphatic rings. The van der Waals surface area contributed by atoms with E-state index in [2.05, 4.69) is 9.97 Å². The highest BCUT2D eigenvalue weighted by Crippen LogP contribution is 2.30. The number of nitrogens with zero attached hydrogens (tertiary/aromatic N) is 2. The molecular formula is C8H11Cl2N3. The number of aromatic nitrogens is 2. The maximum atomic E-state index is 5.89. The zero-order valence-corrected chi connectivity index (χ0v) is 9.02. The van der Waals surface area contributed by atoms with Gasteiger partial charge < -0.3 is 5.73 Å². The van der Waals surface area contributed by atoms with Gasteiger partial charge in [0.2, 0.25) is 5.95 Å². The maximum Gasteiger partial charge on any atom is 0.222 e. The standard InChI is InChI=1S/C8H11Cl2N3/c1-3-4(2)5-6(9)12-8(11)13-7(5)10/h4H,3H2,1-2H3,(H2,11,12,13). The van der Waals surface area contributed by atoms with E-state index in [0.717, 1.165) is 12.0 Å². The third kappa shape index (κ3) is 2.23. The van der Waals surface area contributed by atoms with Gasteiger partial charge in [0.05, 0.1) is 0 Å². The van der Waals surface area contributed by atoms with Crippen LogP contribution in [0.3, 0.4) is 0 Å². The zero-order chi connectivity index (χ0) is 10.0. The Morgan fingerprint density at radius 1 is 1.31 bits per heavy atom. The third-order valence-corrected chi connectivity index (χ3v) is 2.55. The summed E-state index contributed by atoms with van der Waals surface area (Å²) in [7, 11) is 0. The van der Waals surface area contributed by atoms with Crippen LogP contribution < -0.4 is 5.73 Å². The van der Waals surface area contributed by atoms with Gasteiger partial charge in [0, 0.05) is 5.56 Å². The van der Waals surface area contributed by atoms with Crippen LogP contribution in [0.15, 0.2) is 0 Å². The molecule has 0 fully saturated rings. The number of hydrogen-bond donors (Lipinski definition) is 1. The Bertz CT molecular complexity index is 291. The van der Waals surface area contributed by atoms with Crippen LogP contribution in [-0.4, -0.2) is 9.97 Å². The quantitative estimate of drug-likeness (QED) is 0.779. The molecule has 1 heterocycles. The number of rotatable bonds is 2. The van der Waals surface area contributed by atoms with Gasteiger partial charge in [0.1, 0.15) is 10.3 Å². The second-order valence-electron chi connectivity index (χ2n) is 2.89. The molecule has 0 saturated heterocycles. The van der Waals surface area contributed by atoms with E-state index in [0.29, 0.717) is 10.3 Å². The molecule has 13 heavy (non-hydrogen) atoms. The summed E-state index contributed by atoms with van der Waals surface area (Å²) in [6.07, 6.45) is 0.937. The summed E-state index contributed by atoms with van der Waals surface area (Å²) in [6, 6.07) is 0. The largest absolute Gasteiger partial charge is 0.368 e. The molecule has 1 rings (SSSR count). The molecule has 0 saturated carbocycles. The van der Waals surface area contributed by atoms with Crippen molar-refractivity contribution in [2.24, 2.45) is 0 Å². The smallest absolute Gasteiger partial charge is 0.222 e. The van der Waals surface area contributed by atoms with Crippen molar-refractivity contribution in [3.05, 3.63) is 15.9 Å². The molecule has 1 unspecified atom stereocenters. The second-order valence-corrected chi connectivity index (χ2v) is 3.60. The first kappa shape index (κ1) is 10.5. The van der Waals surface area contributed by atoms with Crippen LogP contribution in [0.2, 0.25) is 10.3 Å². The van der Waals surface area contributed by atoms with Gasteiger partial charge in [-0.25, -0.2) is 9.97 Å². The fraction of sp³-hybridized carbons (Fsp3) is 0.500. The predicted molar refractivity (Wildman–Crippen MR) is 55.2 cm³/mol. The summed E-state index contributed by atoms with van der Waals surface area (Å²) >= 11 is 11.8. The molecular weight excluding hydrogens is 209 g/mol. The van der Waals surface area contributed by atoms with Crippen molar-refractivity contribution in [3.63, 3.8) is 0 Å². The molecule has 0 radical (unpaired) electrons. The van der Waals surface area contributed by atoms with Crippen molar-refractivity contribution in [1.29, 1.82) is 0 Å². The Hall–Kier alpha value is -0.540. The third-order valence-electron chi connectivity index (χ3n) is 1.98. The van der Waals surface area contributed by atoms with E-state index < -0.39 is 0 Å². The molecule has 0 aliphatic carbocycles. The van der Waals surface area contributed by atoms with Crippen molar-refractivity contribution < 1.29 is 0 Å². The molecule has 1 aromatic heterocycles. The van der Waals surface area contributed by atoms with Gasteiger partial charge in [-0.2, -0.15) is 0 Å². The van der Waals surface area contributed by atoms with Crippen LogP contribution in [0.4, 0.5) is 5.95 Å². The van der Waals surface area contributed by atoms with Gasteiger partial charge in [-0.15, -0.1) is 0 Å². The average molecular weight is 220 g/mol. The Labute approximate surface area is 87.3 Å². The van der Waals surface area contributed by atoms with E-state index in [9.17, 15) is 0 Å². The predicted octanol–water partition coefficient (Wildman–Crippen LogP) is 2.88. The van der Waals surface area contributed by atoms with Crippen LogP contribution in [0.5, 0.6) is 0 Å². The van der Waals surface area contributed by atoms with E-state index in [1.165, 1.54) is 0 Å². The number of nitrogens with two attached hydrogens (primary N) is 1. The Balaban J connectivity index is 3.20. The lowest BCUT2D eigenvalue weighted by molar-refractivity contribution is 0.725. The van der Waals surface area contributed by atoms with E-state index >= 15 is 0 Å². The van der Waals surface area contributed by atoms with E-state index in [1.807, 2.05) is 13.8 Å². The monoisotopic (exact) mass is 219 g/mol. The Morgan fingerprint density at radius 3 is 2.15 bits per heavy atom.